The number of aryl methyl sites for hydroxylation is 1. The highest BCUT2D eigenvalue weighted by molar-refractivity contribution is 8.01. The Kier molecular flexibility index (Phi) is 5.55. The molecule has 2 aromatic rings. The Morgan fingerprint density at radius 1 is 1.39 bits per heavy atom. The Bertz CT molecular complexity index is 1160. The number of carbonyl (C=O) groups excluding carboxylic acids is 2. The molecule has 2 fully saturated rings. The van der Waals surface area contributed by atoms with Crippen molar-refractivity contribution in [1.29, 1.82) is 0 Å². The number of fused-ring (bicyclic) bond motifs is 2. The molecule has 0 radical (unpaired) electrons. The van der Waals surface area contributed by atoms with Gasteiger partial charge in [-0.15, -0.1) is 11.8 Å². The first-order valence-corrected chi connectivity index (χ1v) is 12.6. The Hall–Kier alpha value is -2.11. The summed E-state index contributed by atoms with van der Waals surface area (Å²) < 4.78 is 33.5. The van der Waals surface area contributed by atoms with Crippen LogP contribution in [0.25, 0.3) is 11.0 Å². The molecule has 0 saturated carbocycles. The minimum Gasteiger partial charge on any atom is -0.456 e. The normalized spacial score (nSPS) is 23.7. The van der Waals surface area contributed by atoms with Gasteiger partial charge in [-0.25, -0.2) is 22.5 Å². The lowest BCUT2D eigenvalue weighted by molar-refractivity contribution is -0.154. The lowest BCUT2D eigenvalue weighted by atomic mass is 10.2. The van der Waals surface area contributed by atoms with E-state index in [1.807, 2.05) is 18.4 Å². The van der Waals surface area contributed by atoms with E-state index in [0.717, 1.165) is 16.2 Å². The first-order chi connectivity index (χ1) is 14.6. The largest absolute Gasteiger partial charge is 0.456 e. The van der Waals surface area contributed by atoms with Crippen molar-refractivity contribution < 1.29 is 22.7 Å². The van der Waals surface area contributed by atoms with Crippen LogP contribution in [0.15, 0.2) is 23.1 Å². The summed E-state index contributed by atoms with van der Waals surface area (Å²) in [6.45, 7) is 4.48. The van der Waals surface area contributed by atoms with Gasteiger partial charge in [0.25, 0.3) is 0 Å². The lowest BCUT2D eigenvalue weighted by Gasteiger charge is -2.29. The van der Waals surface area contributed by atoms with E-state index in [0.29, 0.717) is 30.1 Å². The molecule has 2 atom stereocenters. The number of esters is 1. The van der Waals surface area contributed by atoms with Crippen molar-refractivity contribution in [3.8, 4) is 0 Å². The van der Waals surface area contributed by atoms with Crippen LogP contribution < -0.4 is 0 Å². The van der Waals surface area contributed by atoms with Crippen LogP contribution in [0.4, 0.5) is 0 Å². The Labute approximate surface area is 185 Å². The van der Waals surface area contributed by atoms with Crippen molar-refractivity contribution in [2.24, 2.45) is 0 Å². The third-order valence-electron chi connectivity index (χ3n) is 5.95. The van der Waals surface area contributed by atoms with Crippen LogP contribution in [-0.4, -0.2) is 69.8 Å². The van der Waals surface area contributed by atoms with Crippen molar-refractivity contribution in [2.45, 2.75) is 55.6 Å². The van der Waals surface area contributed by atoms with Gasteiger partial charge in [0.1, 0.15) is 18.5 Å². The molecule has 2 saturated heterocycles. The number of sulfonamides is 1. The summed E-state index contributed by atoms with van der Waals surface area (Å²) in [5.41, 5.74) is 1.29. The van der Waals surface area contributed by atoms with E-state index in [2.05, 4.69) is 4.98 Å². The van der Waals surface area contributed by atoms with E-state index in [-0.39, 0.29) is 22.3 Å². The number of imidazole rings is 1. The highest BCUT2D eigenvalue weighted by Crippen LogP contribution is 2.47. The minimum absolute atomic E-state index is 0.00937. The summed E-state index contributed by atoms with van der Waals surface area (Å²) in [7, 11) is -0.619. The first-order valence-electron chi connectivity index (χ1n) is 10.1. The Morgan fingerprint density at radius 3 is 2.81 bits per heavy atom. The fraction of sp³-hybridized carbons (Fsp3) is 0.550. The van der Waals surface area contributed by atoms with Gasteiger partial charge in [0, 0.05) is 32.8 Å². The molecule has 1 amide bonds. The number of ether oxygens (including phenoxy) is 1. The maximum atomic E-state index is 12.8. The van der Waals surface area contributed by atoms with Crippen molar-refractivity contribution in [3.05, 3.63) is 24.0 Å². The van der Waals surface area contributed by atoms with Crippen molar-refractivity contribution in [3.63, 3.8) is 0 Å². The zero-order valence-corrected chi connectivity index (χ0v) is 19.6. The lowest BCUT2D eigenvalue weighted by Crippen LogP contribution is -2.46. The molecule has 1 aromatic carbocycles. The molecule has 0 aliphatic carbocycles. The number of amides is 1. The van der Waals surface area contributed by atoms with E-state index in [4.69, 9.17) is 4.74 Å². The summed E-state index contributed by atoms with van der Waals surface area (Å²) in [6, 6.07) is 4.22. The highest BCUT2D eigenvalue weighted by atomic mass is 32.2. The number of aromatic nitrogens is 2. The van der Waals surface area contributed by atoms with E-state index >= 15 is 0 Å². The number of thioether (sulfide) groups is 1. The number of hydrogen-bond donors (Lipinski definition) is 0. The monoisotopic (exact) mass is 466 g/mol. The van der Waals surface area contributed by atoms with Crippen molar-refractivity contribution >= 4 is 44.7 Å². The standard InChI is InChI=1S/C20H26N4O5S2/c1-5-23-15-7-6-13(31(27,28)22(3)4)10-14(15)21-17(23)11-29-19(26)16-12-30-20(2)9-8-18(25)24(16)20/h6-7,10,16H,5,8-9,11-12H2,1-4H3/t16-,20+/m1/s1. The predicted molar refractivity (Wildman–Crippen MR) is 117 cm³/mol. The third kappa shape index (κ3) is 3.62. The zero-order valence-electron chi connectivity index (χ0n) is 18.0. The molecule has 11 heteroatoms. The van der Waals surface area contributed by atoms with Crippen molar-refractivity contribution in [1.82, 2.24) is 18.8 Å². The maximum absolute atomic E-state index is 12.8. The van der Waals surface area contributed by atoms with Gasteiger partial charge in [-0.05, 0) is 38.5 Å². The van der Waals surface area contributed by atoms with E-state index in [1.165, 1.54) is 20.2 Å². The molecule has 2 aliphatic rings. The summed E-state index contributed by atoms with van der Waals surface area (Å²) >= 11 is 1.62. The van der Waals surface area contributed by atoms with Crippen LogP contribution >= 0.6 is 11.8 Å². The number of carbonyl (C=O) groups is 2. The van der Waals surface area contributed by atoms with E-state index in [9.17, 15) is 18.0 Å². The van der Waals surface area contributed by atoms with E-state index < -0.39 is 22.0 Å². The third-order valence-corrected chi connectivity index (χ3v) is 9.27. The highest BCUT2D eigenvalue weighted by Gasteiger charge is 2.53. The Morgan fingerprint density at radius 2 is 2.13 bits per heavy atom. The zero-order chi connectivity index (χ0) is 22.6. The summed E-state index contributed by atoms with van der Waals surface area (Å²) in [6.07, 6.45) is 1.20. The molecule has 31 heavy (non-hydrogen) atoms. The van der Waals surface area contributed by atoms with Gasteiger partial charge in [0.05, 0.1) is 20.8 Å². The maximum Gasteiger partial charge on any atom is 0.330 e. The van der Waals surface area contributed by atoms with Gasteiger partial charge < -0.3 is 14.2 Å². The van der Waals surface area contributed by atoms with E-state index in [1.54, 1.807) is 28.8 Å². The van der Waals surface area contributed by atoms with Crippen LogP contribution in [0.5, 0.6) is 0 Å². The molecule has 9 nitrogen and oxygen atoms in total. The van der Waals surface area contributed by atoms with Crippen LogP contribution in [0.3, 0.4) is 0 Å². The van der Waals surface area contributed by atoms with Gasteiger partial charge in [-0.2, -0.15) is 0 Å². The average molecular weight is 467 g/mol. The summed E-state index contributed by atoms with van der Waals surface area (Å²) in [5, 5.41) is 0. The minimum atomic E-state index is -3.58. The summed E-state index contributed by atoms with van der Waals surface area (Å²) in [4.78, 5) is 31.1. The SMILES string of the molecule is CCn1c(COC(=O)[C@H]2CS[C@@]3(C)CCC(=O)N23)nc2cc(S(=O)(=O)N(C)C)ccc21. The first kappa shape index (κ1) is 22.1. The van der Waals surface area contributed by atoms with Gasteiger partial charge in [0.15, 0.2) is 0 Å². The molecular formula is C20H26N4O5S2. The summed E-state index contributed by atoms with van der Waals surface area (Å²) in [5.74, 6) is 0.616. The quantitative estimate of drug-likeness (QED) is 0.598. The molecule has 0 spiro atoms. The van der Waals surface area contributed by atoms with Crippen LogP contribution in [0.2, 0.25) is 0 Å². The second kappa shape index (κ2) is 7.79. The second-order valence-corrected chi connectivity index (χ2v) is 11.7. The number of nitrogens with zero attached hydrogens (tertiary/aromatic N) is 4. The fourth-order valence-corrected chi connectivity index (χ4v) is 6.56. The van der Waals surface area contributed by atoms with Gasteiger partial charge in [0.2, 0.25) is 15.9 Å². The van der Waals surface area contributed by atoms with Gasteiger partial charge >= 0.3 is 5.97 Å². The molecular weight excluding hydrogens is 440 g/mol. The molecule has 2 aliphatic heterocycles. The Balaban J connectivity index is 1.56. The average Bonchev–Trinajstić information content (AvgIpc) is 3.35. The van der Waals surface area contributed by atoms with Crippen LogP contribution in [-0.2, 0) is 37.5 Å². The van der Waals surface area contributed by atoms with Gasteiger partial charge in [-0.3, -0.25) is 4.79 Å². The topological polar surface area (TPSA) is 102 Å². The number of hydrogen-bond acceptors (Lipinski definition) is 7. The van der Waals surface area contributed by atoms with Gasteiger partial charge in [-0.1, -0.05) is 0 Å². The second-order valence-electron chi connectivity index (χ2n) is 8.08. The molecule has 168 valence electrons. The molecule has 0 unspecified atom stereocenters. The number of rotatable bonds is 6. The molecule has 3 heterocycles. The molecule has 0 bridgehead atoms. The molecule has 0 N–H and O–H groups in total. The fourth-order valence-electron chi connectivity index (χ4n) is 4.22. The van der Waals surface area contributed by atoms with Crippen LogP contribution in [0.1, 0.15) is 32.5 Å². The van der Waals surface area contributed by atoms with Crippen LogP contribution in [0, 0.1) is 0 Å². The molecule has 4 rings (SSSR count). The molecule has 1 aromatic heterocycles. The van der Waals surface area contributed by atoms with Crippen molar-refractivity contribution in [2.75, 3.05) is 19.8 Å². The smallest absolute Gasteiger partial charge is 0.330 e. The predicted octanol–water partition coefficient (Wildman–Crippen LogP) is 1.80. The number of benzene rings is 1.